The number of nitrogens with two attached hydrogens (primary N) is 1. The van der Waals surface area contributed by atoms with Crippen molar-refractivity contribution >= 4 is 21.9 Å². The minimum absolute atomic E-state index is 0.0591. The Kier molecular flexibility index (Phi) is 2.88. The molecule has 1 aromatic rings. The number of H-pyrrole nitrogens is 1. The van der Waals surface area contributed by atoms with Crippen molar-refractivity contribution in [2.45, 2.75) is 12.5 Å². The van der Waals surface area contributed by atoms with Gasteiger partial charge in [0.05, 0.1) is 6.42 Å². The van der Waals surface area contributed by atoms with E-state index in [9.17, 15) is 4.79 Å². The molecule has 1 atom stereocenters. The van der Waals surface area contributed by atoms with Gasteiger partial charge in [0.25, 0.3) is 0 Å². The molecule has 0 aliphatic heterocycles. The summed E-state index contributed by atoms with van der Waals surface area (Å²) in [7, 11) is 0. The average Bonchev–Trinajstić information content (AvgIpc) is 2.33. The molecule has 1 unspecified atom stereocenters. The van der Waals surface area contributed by atoms with Crippen molar-refractivity contribution in [1.82, 2.24) is 4.98 Å². The van der Waals surface area contributed by atoms with Crippen LogP contribution in [0, 0.1) is 0 Å². The first-order valence-electron chi connectivity index (χ1n) is 3.41. The molecule has 66 valence electrons. The largest absolute Gasteiger partial charge is 0.481 e. The minimum Gasteiger partial charge on any atom is -0.481 e. The van der Waals surface area contributed by atoms with Gasteiger partial charge >= 0.3 is 5.97 Å². The van der Waals surface area contributed by atoms with Crippen LogP contribution >= 0.6 is 15.9 Å². The zero-order valence-corrected chi connectivity index (χ0v) is 7.84. The molecule has 1 aromatic heterocycles. The van der Waals surface area contributed by atoms with Crippen LogP contribution in [-0.4, -0.2) is 16.1 Å². The Hall–Kier alpha value is -0.810. The molecule has 12 heavy (non-hydrogen) atoms. The fourth-order valence-electron chi connectivity index (χ4n) is 0.939. The highest BCUT2D eigenvalue weighted by atomic mass is 79.9. The van der Waals surface area contributed by atoms with Crippen LogP contribution in [-0.2, 0) is 4.79 Å². The molecule has 5 heteroatoms. The lowest BCUT2D eigenvalue weighted by Crippen LogP contribution is -2.14. The summed E-state index contributed by atoms with van der Waals surface area (Å²) in [6.45, 7) is 0. The molecule has 0 fully saturated rings. The number of carboxylic acids is 1. The number of nitrogens with one attached hydrogen (secondary N) is 1. The van der Waals surface area contributed by atoms with Crippen LogP contribution in [0.25, 0.3) is 0 Å². The van der Waals surface area contributed by atoms with E-state index < -0.39 is 12.0 Å². The van der Waals surface area contributed by atoms with Gasteiger partial charge < -0.3 is 15.8 Å². The summed E-state index contributed by atoms with van der Waals surface area (Å²) in [6.07, 6.45) is 3.35. The highest BCUT2D eigenvalue weighted by Gasteiger charge is 2.13. The maximum Gasteiger partial charge on any atom is 0.305 e. The first kappa shape index (κ1) is 9.28. The monoisotopic (exact) mass is 232 g/mol. The Balaban J connectivity index is 2.71. The normalized spacial score (nSPS) is 12.8. The van der Waals surface area contributed by atoms with E-state index in [-0.39, 0.29) is 6.42 Å². The summed E-state index contributed by atoms with van der Waals surface area (Å²) < 4.78 is 0.816. The first-order valence-corrected chi connectivity index (χ1v) is 4.20. The van der Waals surface area contributed by atoms with Gasteiger partial charge in [0, 0.05) is 28.5 Å². The van der Waals surface area contributed by atoms with Gasteiger partial charge in [-0.25, -0.2) is 0 Å². The van der Waals surface area contributed by atoms with E-state index in [1.54, 1.807) is 12.4 Å². The smallest absolute Gasteiger partial charge is 0.305 e. The number of rotatable bonds is 3. The number of aromatic amines is 1. The van der Waals surface area contributed by atoms with E-state index in [1.165, 1.54) is 0 Å². The number of aliphatic carboxylic acids is 1. The molecule has 1 rings (SSSR count). The molecule has 4 nitrogen and oxygen atoms in total. The molecule has 1 heterocycles. The predicted molar refractivity (Wildman–Crippen MR) is 47.7 cm³/mol. The Morgan fingerprint density at radius 2 is 2.42 bits per heavy atom. The van der Waals surface area contributed by atoms with Gasteiger partial charge in [-0.3, -0.25) is 4.79 Å². The zero-order chi connectivity index (χ0) is 9.14. The highest BCUT2D eigenvalue weighted by Crippen LogP contribution is 2.23. The summed E-state index contributed by atoms with van der Waals surface area (Å²) in [4.78, 5) is 13.1. The molecule has 0 aliphatic carbocycles. The zero-order valence-electron chi connectivity index (χ0n) is 6.25. The molecular weight excluding hydrogens is 224 g/mol. The second-order valence-electron chi connectivity index (χ2n) is 2.46. The number of carboxylic acid groups (broad SMARTS) is 1. The van der Waals surface area contributed by atoms with Crippen LogP contribution in [0.3, 0.4) is 0 Å². The Labute approximate surface area is 77.9 Å². The Bertz CT molecular complexity index is 285. The lowest BCUT2D eigenvalue weighted by Gasteiger charge is -2.06. The van der Waals surface area contributed by atoms with Crippen molar-refractivity contribution in [1.29, 1.82) is 0 Å². The van der Waals surface area contributed by atoms with E-state index in [4.69, 9.17) is 10.8 Å². The van der Waals surface area contributed by atoms with Gasteiger partial charge in [-0.2, -0.15) is 0 Å². The van der Waals surface area contributed by atoms with E-state index in [2.05, 4.69) is 20.9 Å². The van der Waals surface area contributed by atoms with Crippen LogP contribution < -0.4 is 5.73 Å². The SMILES string of the molecule is NC(CC(=O)O)c1c[nH]cc1Br. The fraction of sp³-hybridized carbons (Fsp3) is 0.286. The summed E-state index contributed by atoms with van der Waals surface area (Å²) in [5.41, 5.74) is 6.40. The number of hydrogen-bond acceptors (Lipinski definition) is 2. The highest BCUT2D eigenvalue weighted by molar-refractivity contribution is 9.10. The van der Waals surface area contributed by atoms with Crippen LogP contribution in [0.4, 0.5) is 0 Å². The Morgan fingerprint density at radius 3 is 2.83 bits per heavy atom. The van der Waals surface area contributed by atoms with Crippen molar-refractivity contribution in [2.24, 2.45) is 5.73 Å². The van der Waals surface area contributed by atoms with Crippen molar-refractivity contribution < 1.29 is 9.90 Å². The average molecular weight is 233 g/mol. The minimum atomic E-state index is -0.893. The maximum atomic E-state index is 10.3. The molecule has 0 saturated carbocycles. The van der Waals surface area contributed by atoms with Gasteiger partial charge in [0.2, 0.25) is 0 Å². The summed E-state index contributed by atoms with van der Waals surface area (Å²) in [5, 5.41) is 8.47. The van der Waals surface area contributed by atoms with Crippen LogP contribution in [0.5, 0.6) is 0 Å². The van der Waals surface area contributed by atoms with Gasteiger partial charge in [-0.05, 0) is 15.9 Å². The first-order chi connectivity index (χ1) is 5.61. The molecule has 0 saturated heterocycles. The van der Waals surface area contributed by atoms with E-state index in [1.807, 2.05) is 0 Å². The number of halogens is 1. The van der Waals surface area contributed by atoms with E-state index in [0.29, 0.717) is 0 Å². The molecule has 0 aliphatic rings. The number of aromatic nitrogens is 1. The van der Waals surface area contributed by atoms with E-state index >= 15 is 0 Å². The third-order valence-corrected chi connectivity index (χ3v) is 2.21. The van der Waals surface area contributed by atoms with Crippen molar-refractivity contribution in [3.8, 4) is 0 Å². The maximum absolute atomic E-state index is 10.3. The van der Waals surface area contributed by atoms with Crippen LogP contribution in [0.1, 0.15) is 18.0 Å². The van der Waals surface area contributed by atoms with Crippen molar-refractivity contribution in [3.05, 3.63) is 22.4 Å². The van der Waals surface area contributed by atoms with Gasteiger partial charge in [0.15, 0.2) is 0 Å². The topological polar surface area (TPSA) is 79.1 Å². The molecular formula is C7H9BrN2O2. The Morgan fingerprint density at radius 1 is 1.75 bits per heavy atom. The third-order valence-electron chi connectivity index (χ3n) is 1.52. The molecule has 0 amide bonds. The van der Waals surface area contributed by atoms with Crippen molar-refractivity contribution in [3.63, 3.8) is 0 Å². The van der Waals surface area contributed by atoms with E-state index in [0.717, 1.165) is 10.0 Å². The van der Waals surface area contributed by atoms with Crippen molar-refractivity contribution in [2.75, 3.05) is 0 Å². The molecule has 0 bridgehead atoms. The van der Waals surface area contributed by atoms with Crippen LogP contribution in [0.15, 0.2) is 16.9 Å². The molecule has 0 spiro atoms. The second kappa shape index (κ2) is 3.73. The second-order valence-corrected chi connectivity index (χ2v) is 3.32. The summed E-state index contributed by atoms with van der Waals surface area (Å²) in [5.74, 6) is -0.893. The molecule has 4 N–H and O–H groups in total. The predicted octanol–water partition coefficient (Wildman–Crippen LogP) is 1.25. The van der Waals surface area contributed by atoms with Gasteiger partial charge in [0.1, 0.15) is 0 Å². The standard InChI is InChI=1S/C7H9BrN2O2/c8-5-3-10-2-4(5)6(9)1-7(11)12/h2-3,6,10H,1,9H2,(H,11,12). The number of hydrogen-bond donors (Lipinski definition) is 3. The lowest BCUT2D eigenvalue weighted by molar-refractivity contribution is -0.137. The van der Waals surface area contributed by atoms with Crippen LogP contribution in [0.2, 0.25) is 0 Å². The number of carbonyl (C=O) groups is 1. The summed E-state index contributed by atoms with van der Waals surface area (Å²) >= 11 is 3.25. The molecule has 0 aromatic carbocycles. The quantitative estimate of drug-likeness (QED) is 0.735. The van der Waals surface area contributed by atoms with Gasteiger partial charge in [-0.15, -0.1) is 0 Å². The van der Waals surface area contributed by atoms with Gasteiger partial charge in [-0.1, -0.05) is 0 Å². The third kappa shape index (κ3) is 2.09. The fourth-order valence-corrected chi connectivity index (χ4v) is 1.48. The molecule has 0 radical (unpaired) electrons. The summed E-state index contributed by atoms with van der Waals surface area (Å²) in [6, 6.07) is -0.455. The lowest BCUT2D eigenvalue weighted by atomic mass is 10.1.